The Kier molecular flexibility index (Phi) is 4.25. The lowest BCUT2D eigenvalue weighted by Gasteiger charge is -2.05. The molecule has 0 saturated heterocycles. The maximum Gasteiger partial charge on any atom is 0.338 e. The van der Waals surface area contributed by atoms with Crippen molar-refractivity contribution in [3.63, 3.8) is 0 Å². The second-order valence-electron chi connectivity index (χ2n) is 4.81. The first-order valence-corrected chi connectivity index (χ1v) is 8.85. The van der Waals surface area contributed by atoms with Gasteiger partial charge >= 0.3 is 5.97 Å². The highest BCUT2D eigenvalue weighted by Crippen LogP contribution is 2.15. The molecule has 0 spiro atoms. The number of carbonyl (C=O) groups is 1. The quantitative estimate of drug-likeness (QED) is 0.444. The van der Waals surface area contributed by atoms with Gasteiger partial charge in [-0.3, -0.25) is 0 Å². The summed E-state index contributed by atoms with van der Waals surface area (Å²) in [5.41, 5.74) is 2.41. The summed E-state index contributed by atoms with van der Waals surface area (Å²) in [6, 6.07) is 1.87. The van der Waals surface area contributed by atoms with Crippen LogP contribution in [0.5, 0.6) is 0 Å². The second-order valence-corrected chi connectivity index (χ2v) is 9.56. The van der Waals surface area contributed by atoms with E-state index in [1.54, 1.807) is 0 Å². The topological polar surface area (TPSA) is 26.3 Å². The SMILES string of the molecule is COC(=O)c1cc(F)c(C#C[Si](C)(C)C)c(F)c1. The number of rotatable bonds is 1. The van der Waals surface area contributed by atoms with Gasteiger partial charge in [0, 0.05) is 0 Å². The molecule has 5 heteroatoms. The zero-order chi connectivity index (χ0) is 13.9. The van der Waals surface area contributed by atoms with Gasteiger partial charge in [0.25, 0.3) is 0 Å². The van der Waals surface area contributed by atoms with Crippen molar-refractivity contribution in [3.05, 3.63) is 34.9 Å². The molecule has 1 aromatic rings. The molecule has 1 rings (SSSR count). The molecule has 0 aliphatic rings. The standard InChI is InChI=1S/C13H14F2O2Si/c1-17-13(16)9-7-11(14)10(12(15)8-9)5-6-18(2,3)4/h7-8H,1-4H3. The molecule has 0 heterocycles. The average Bonchev–Trinajstić information content (AvgIpc) is 2.25. The van der Waals surface area contributed by atoms with Crippen molar-refractivity contribution in [2.75, 3.05) is 7.11 Å². The lowest BCUT2D eigenvalue weighted by Crippen LogP contribution is -2.16. The molecule has 2 nitrogen and oxygen atoms in total. The van der Waals surface area contributed by atoms with Crippen molar-refractivity contribution in [1.29, 1.82) is 0 Å². The maximum atomic E-state index is 13.6. The third-order valence-electron chi connectivity index (χ3n) is 2.03. The molecule has 0 amide bonds. The molecule has 0 aromatic heterocycles. The minimum absolute atomic E-state index is 0.161. The van der Waals surface area contributed by atoms with Crippen LogP contribution in [0.1, 0.15) is 15.9 Å². The highest BCUT2D eigenvalue weighted by Gasteiger charge is 2.15. The molecule has 0 fully saturated rings. The first-order chi connectivity index (χ1) is 8.24. The minimum Gasteiger partial charge on any atom is -0.465 e. The van der Waals surface area contributed by atoms with Gasteiger partial charge in [-0.25, -0.2) is 13.6 Å². The number of benzene rings is 1. The minimum atomic E-state index is -1.71. The third kappa shape index (κ3) is 3.67. The molecule has 0 unspecified atom stereocenters. The Morgan fingerprint density at radius 1 is 1.22 bits per heavy atom. The summed E-state index contributed by atoms with van der Waals surface area (Å²) >= 11 is 0. The molecular weight excluding hydrogens is 254 g/mol. The highest BCUT2D eigenvalue weighted by molar-refractivity contribution is 6.83. The molecule has 0 saturated carbocycles. The van der Waals surface area contributed by atoms with Crippen LogP contribution in [-0.4, -0.2) is 21.2 Å². The first-order valence-electron chi connectivity index (χ1n) is 5.35. The number of ether oxygens (including phenoxy) is 1. The Labute approximate surface area is 106 Å². The fourth-order valence-corrected chi connectivity index (χ4v) is 1.68. The number of esters is 1. The lowest BCUT2D eigenvalue weighted by atomic mass is 10.1. The molecule has 18 heavy (non-hydrogen) atoms. The van der Waals surface area contributed by atoms with E-state index < -0.39 is 25.7 Å². The summed E-state index contributed by atoms with van der Waals surface area (Å²) < 4.78 is 31.7. The normalized spacial score (nSPS) is 10.6. The van der Waals surface area contributed by atoms with E-state index in [9.17, 15) is 13.6 Å². The van der Waals surface area contributed by atoms with Crippen LogP contribution in [0.3, 0.4) is 0 Å². The van der Waals surface area contributed by atoms with Gasteiger partial charge in [0.05, 0.1) is 18.2 Å². The van der Waals surface area contributed by atoms with E-state index >= 15 is 0 Å². The summed E-state index contributed by atoms with van der Waals surface area (Å²) in [6.07, 6.45) is 0. The average molecular weight is 268 g/mol. The number of hydrogen-bond acceptors (Lipinski definition) is 2. The van der Waals surface area contributed by atoms with Crippen LogP contribution in [-0.2, 0) is 4.74 Å². The fourth-order valence-electron chi connectivity index (χ4n) is 1.18. The van der Waals surface area contributed by atoms with Crippen LogP contribution in [0.15, 0.2) is 12.1 Å². The summed E-state index contributed by atoms with van der Waals surface area (Å²) in [7, 11) is -0.564. The van der Waals surface area contributed by atoms with Crippen molar-refractivity contribution in [1.82, 2.24) is 0 Å². The summed E-state index contributed by atoms with van der Waals surface area (Å²) in [6.45, 7) is 5.91. The van der Waals surface area contributed by atoms with Crippen LogP contribution in [0.4, 0.5) is 8.78 Å². The number of hydrogen-bond donors (Lipinski definition) is 0. The van der Waals surface area contributed by atoms with Crippen LogP contribution in [0.25, 0.3) is 0 Å². The van der Waals surface area contributed by atoms with Crippen LogP contribution >= 0.6 is 0 Å². The van der Waals surface area contributed by atoms with Gasteiger partial charge in [0.15, 0.2) is 0 Å². The largest absolute Gasteiger partial charge is 0.465 e. The van der Waals surface area contributed by atoms with E-state index in [2.05, 4.69) is 16.2 Å². The highest BCUT2D eigenvalue weighted by atomic mass is 28.3. The molecule has 0 aliphatic heterocycles. The number of halogens is 2. The molecule has 0 aliphatic carbocycles. The summed E-state index contributed by atoms with van der Waals surface area (Å²) in [5.74, 6) is 0.0425. The molecule has 96 valence electrons. The van der Waals surface area contributed by atoms with Crippen molar-refractivity contribution in [2.45, 2.75) is 19.6 Å². The van der Waals surface area contributed by atoms with Crippen molar-refractivity contribution in [2.24, 2.45) is 0 Å². The van der Waals surface area contributed by atoms with E-state index in [4.69, 9.17) is 0 Å². The molecule has 0 bridgehead atoms. The Morgan fingerprint density at radius 2 is 1.72 bits per heavy atom. The lowest BCUT2D eigenvalue weighted by molar-refractivity contribution is 0.0599. The fraction of sp³-hybridized carbons (Fsp3) is 0.308. The van der Waals surface area contributed by atoms with Crippen LogP contribution in [0, 0.1) is 23.1 Å². The number of methoxy groups -OCH3 is 1. The van der Waals surface area contributed by atoms with E-state index in [1.807, 2.05) is 19.6 Å². The third-order valence-corrected chi connectivity index (χ3v) is 2.90. The van der Waals surface area contributed by atoms with Gasteiger partial charge in [-0.2, -0.15) is 0 Å². The van der Waals surface area contributed by atoms with Gasteiger partial charge in [0.1, 0.15) is 19.7 Å². The zero-order valence-electron chi connectivity index (χ0n) is 10.7. The number of carbonyl (C=O) groups excluding carboxylic acids is 1. The van der Waals surface area contributed by atoms with E-state index in [0.717, 1.165) is 19.2 Å². The van der Waals surface area contributed by atoms with Gasteiger partial charge in [-0.1, -0.05) is 25.6 Å². The Hall–Kier alpha value is -1.67. The van der Waals surface area contributed by atoms with Crippen LogP contribution < -0.4 is 0 Å². The van der Waals surface area contributed by atoms with Crippen molar-refractivity contribution < 1.29 is 18.3 Å². The van der Waals surface area contributed by atoms with Gasteiger partial charge in [-0.15, -0.1) is 5.54 Å². The maximum absolute atomic E-state index is 13.6. The van der Waals surface area contributed by atoms with Crippen molar-refractivity contribution >= 4 is 14.0 Å². The predicted octanol–water partition coefficient (Wildman–Crippen LogP) is 2.98. The van der Waals surface area contributed by atoms with Gasteiger partial charge < -0.3 is 4.74 Å². The van der Waals surface area contributed by atoms with E-state index in [-0.39, 0.29) is 11.1 Å². The monoisotopic (exact) mass is 268 g/mol. The van der Waals surface area contributed by atoms with Crippen LogP contribution in [0.2, 0.25) is 19.6 Å². The van der Waals surface area contributed by atoms with Gasteiger partial charge in [0.2, 0.25) is 0 Å². The Morgan fingerprint density at radius 3 is 2.11 bits per heavy atom. The summed E-state index contributed by atoms with van der Waals surface area (Å²) in [5, 5.41) is 0. The zero-order valence-corrected chi connectivity index (χ0v) is 11.7. The smallest absolute Gasteiger partial charge is 0.338 e. The second kappa shape index (κ2) is 5.32. The van der Waals surface area contributed by atoms with Gasteiger partial charge in [-0.05, 0) is 12.1 Å². The Balaban J connectivity index is 3.24. The van der Waals surface area contributed by atoms with Crippen molar-refractivity contribution in [3.8, 4) is 11.5 Å². The molecular formula is C13H14F2O2Si. The first kappa shape index (κ1) is 14.4. The van der Waals surface area contributed by atoms with E-state index in [0.29, 0.717) is 0 Å². The molecule has 0 radical (unpaired) electrons. The Bertz CT molecular complexity index is 513. The molecule has 1 aromatic carbocycles. The molecule has 0 N–H and O–H groups in total. The van der Waals surface area contributed by atoms with E-state index in [1.165, 1.54) is 0 Å². The summed E-state index contributed by atoms with van der Waals surface area (Å²) in [4.78, 5) is 11.2. The predicted molar refractivity (Wildman–Crippen MR) is 67.9 cm³/mol. The molecule has 0 atom stereocenters.